The SMILES string of the molecule is O=C(Nc1ccc(-c2cc3ccccc3s2)cc1)C1CCCN1. The van der Waals surface area contributed by atoms with Crippen molar-refractivity contribution in [2.45, 2.75) is 18.9 Å². The molecule has 2 N–H and O–H groups in total. The summed E-state index contributed by atoms with van der Waals surface area (Å²) in [4.78, 5) is 13.4. The van der Waals surface area contributed by atoms with E-state index < -0.39 is 0 Å². The van der Waals surface area contributed by atoms with Crippen LogP contribution in [0, 0.1) is 0 Å². The van der Waals surface area contributed by atoms with Crippen LogP contribution >= 0.6 is 11.3 Å². The molecule has 2 heterocycles. The molecular weight excluding hydrogens is 304 g/mol. The molecule has 1 fully saturated rings. The fourth-order valence-corrected chi connectivity index (χ4v) is 4.05. The second-order valence-electron chi connectivity index (χ2n) is 5.86. The summed E-state index contributed by atoms with van der Waals surface area (Å²) in [5, 5.41) is 7.48. The largest absolute Gasteiger partial charge is 0.325 e. The monoisotopic (exact) mass is 322 g/mol. The van der Waals surface area contributed by atoms with Crippen molar-refractivity contribution in [2.24, 2.45) is 0 Å². The van der Waals surface area contributed by atoms with Crippen LogP contribution in [0.3, 0.4) is 0 Å². The summed E-state index contributed by atoms with van der Waals surface area (Å²) in [6.45, 7) is 0.933. The second-order valence-corrected chi connectivity index (χ2v) is 6.95. The Hall–Kier alpha value is -2.17. The third-order valence-corrected chi connectivity index (χ3v) is 5.40. The Morgan fingerprint density at radius 1 is 1.13 bits per heavy atom. The van der Waals surface area contributed by atoms with E-state index in [1.165, 1.54) is 20.5 Å². The molecule has 3 nitrogen and oxygen atoms in total. The topological polar surface area (TPSA) is 41.1 Å². The maximum atomic E-state index is 12.1. The minimum atomic E-state index is -0.0442. The van der Waals surface area contributed by atoms with E-state index in [-0.39, 0.29) is 11.9 Å². The van der Waals surface area contributed by atoms with Crippen LogP contribution in [0.15, 0.2) is 54.6 Å². The van der Waals surface area contributed by atoms with Crippen molar-refractivity contribution in [3.05, 3.63) is 54.6 Å². The van der Waals surface area contributed by atoms with E-state index >= 15 is 0 Å². The lowest BCUT2D eigenvalue weighted by atomic mass is 10.1. The first kappa shape index (κ1) is 14.4. The zero-order valence-corrected chi connectivity index (χ0v) is 13.5. The predicted octanol–water partition coefficient (Wildman–Crippen LogP) is 4.26. The molecule has 1 unspecified atom stereocenters. The van der Waals surface area contributed by atoms with Gasteiger partial charge in [-0.1, -0.05) is 30.3 Å². The third kappa shape index (κ3) is 3.00. The lowest BCUT2D eigenvalue weighted by molar-refractivity contribution is -0.117. The van der Waals surface area contributed by atoms with Crippen molar-refractivity contribution in [2.75, 3.05) is 11.9 Å². The Morgan fingerprint density at radius 3 is 2.70 bits per heavy atom. The van der Waals surface area contributed by atoms with E-state index in [1.54, 1.807) is 11.3 Å². The molecule has 1 amide bonds. The molecule has 1 atom stereocenters. The normalized spacial score (nSPS) is 17.5. The van der Waals surface area contributed by atoms with E-state index in [1.807, 2.05) is 12.1 Å². The molecule has 3 aromatic rings. The van der Waals surface area contributed by atoms with Gasteiger partial charge in [0.05, 0.1) is 6.04 Å². The first-order valence-corrected chi connectivity index (χ1v) is 8.74. The van der Waals surface area contributed by atoms with E-state index in [4.69, 9.17) is 0 Å². The Kier molecular flexibility index (Phi) is 3.85. The molecule has 0 radical (unpaired) electrons. The van der Waals surface area contributed by atoms with Gasteiger partial charge < -0.3 is 10.6 Å². The van der Waals surface area contributed by atoms with E-state index in [0.717, 1.165) is 25.1 Å². The van der Waals surface area contributed by atoms with Gasteiger partial charge in [-0.3, -0.25) is 4.79 Å². The summed E-state index contributed by atoms with van der Waals surface area (Å²) >= 11 is 1.79. The minimum Gasteiger partial charge on any atom is -0.325 e. The van der Waals surface area contributed by atoms with E-state index in [2.05, 4.69) is 53.1 Å². The van der Waals surface area contributed by atoms with Gasteiger partial charge >= 0.3 is 0 Å². The average molecular weight is 322 g/mol. The van der Waals surface area contributed by atoms with Gasteiger partial charge in [0.1, 0.15) is 0 Å². The van der Waals surface area contributed by atoms with Crippen molar-refractivity contribution >= 4 is 33.0 Å². The molecule has 4 rings (SSSR count). The van der Waals surface area contributed by atoms with Crippen LogP contribution < -0.4 is 10.6 Å². The van der Waals surface area contributed by atoms with E-state index in [9.17, 15) is 4.79 Å². The molecule has 0 bridgehead atoms. The summed E-state index contributed by atoms with van der Waals surface area (Å²) in [6.07, 6.45) is 1.99. The van der Waals surface area contributed by atoms with Crippen molar-refractivity contribution in [1.82, 2.24) is 5.32 Å². The number of carbonyl (C=O) groups excluding carboxylic acids is 1. The third-order valence-electron chi connectivity index (χ3n) is 4.24. The van der Waals surface area contributed by atoms with E-state index in [0.29, 0.717) is 0 Å². The van der Waals surface area contributed by atoms with Gasteiger partial charge in [0.25, 0.3) is 0 Å². The minimum absolute atomic E-state index is 0.0442. The van der Waals surface area contributed by atoms with Gasteiger partial charge in [-0.25, -0.2) is 0 Å². The van der Waals surface area contributed by atoms with Crippen LogP contribution in [0.4, 0.5) is 5.69 Å². The summed E-state index contributed by atoms with van der Waals surface area (Å²) < 4.78 is 1.30. The van der Waals surface area contributed by atoms with Crippen LogP contribution in [0.2, 0.25) is 0 Å². The highest BCUT2D eigenvalue weighted by Gasteiger charge is 2.21. The number of nitrogens with one attached hydrogen (secondary N) is 2. The Balaban J connectivity index is 1.52. The standard InChI is InChI=1S/C19H18N2OS/c22-19(16-5-3-11-20-16)21-15-9-7-13(8-10-15)18-12-14-4-1-2-6-17(14)23-18/h1-2,4,6-10,12,16,20H,3,5,11H2,(H,21,22). The molecule has 116 valence electrons. The van der Waals surface area contributed by atoms with Crippen molar-refractivity contribution in [3.63, 3.8) is 0 Å². The predicted molar refractivity (Wildman–Crippen MR) is 96.9 cm³/mol. The smallest absolute Gasteiger partial charge is 0.241 e. The Morgan fingerprint density at radius 2 is 1.96 bits per heavy atom. The van der Waals surface area contributed by atoms with Crippen molar-refractivity contribution < 1.29 is 4.79 Å². The lowest BCUT2D eigenvalue weighted by Crippen LogP contribution is -2.35. The number of hydrogen-bond acceptors (Lipinski definition) is 3. The van der Waals surface area contributed by atoms with Gasteiger partial charge in [0.2, 0.25) is 5.91 Å². The summed E-state index contributed by atoms with van der Waals surface area (Å²) in [5.74, 6) is 0.0668. The number of fused-ring (bicyclic) bond motifs is 1. The highest BCUT2D eigenvalue weighted by Crippen LogP contribution is 2.33. The molecule has 0 spiro atoms. The van der Waals surface area contributed by atoms with Crippen LogP contribution in [0.5, 0.6) is 0 Å². The first-order chi connectivity index (χ1) is 11.3. The number of rotatable bonds is 3. The molecule has 1 aliphatic heterocycles. The number of benzene rings is 2. The maximum absolute atomic E-state index is 12.1. The fourth-order valence-electron chi connectivity index (χ4n) is 2.98. The summed E-state index contributed by atoms with van der Waals surface area (Å²) in [6, 6.07) is 18.7. The molecule has 1 aliphatic rings. The Labute approximate surface area is 139 Å². The Bertz CT molecular complexity index is 799. The van der Waals surface area contributed by atoms with Crippen LogP contribution in [0.1, 0.15) is 12.8 Å². The number of amides is 1. The number of anilines is 1. The highest BCUT2D eigenvalue weighted by molar-refractivity contribution is 7.22. The zero-order chi connectivity index (χ0) is 15.6. The molecule has 4 heteroatoms. The van der Waals surface area contributed by atoms with Crippen LogP contribution in [-0.4, -0.2) is 18.5 Å². The van der Waals surface area contributed by atoms with Crippen molar-refractivity contribution in [1.29, 1.82) is 0 Å². The molecule has 0 saturated carbocycles. The van der Waals surface area contributed by atoms with Gasteiger partial charge in [0.15, 0.2) is 0 Å². The maximum Gasteiger partial charge on any atom is 0.241 e. The summed E-state index contributed by atoms with van der Waals surface area (Å²) in [5.41, 5.74) is 2.04. The van der Waals surface area contributed by atoms with Crippen molar-refractivity contribution in [3.8, 4) is 10.4 Å². The highest BCUT2D eigenvalue weighted by atomic mass is 32.1. The molecule has 1 aromatic heterocycles. The number of thiophene rings is 1. The fraction of sp³-hybridized carbons (Fsp3) is 0.211. The first-order valence-electron chi connectivity index (χ1n) is 7.93. The van der Waals surface area contributed by atoms with Gasteiger partial charge in [0, 0.05) is 15.3 Å². The van der Waals surface area contributed by atoms with Gasteiger partial charge in [-0.05, 0) is 54.6 Å². The summed E-state index contributed by atoms with van der Waals surface area (Å²) in [7, 11) is 0. The second kappa shape index (κ2) is 6.14. The molecule has 23 heavy (non-hydrogen) atoms. The molecule has 1 saturated heterocycles. The number of hydrogen-bond donors (Lipinski definition) is 2. The zero-order valence-electron chi connectivity index (χ0n) is 12.7. The van der Waals surface area contributed by atoms with Crippen LogP contribution in [0.25, 0.3) is 20.5 Å². The van der Waals surface area contributed by atoms with Gasteiger partial charge in [-0.2, -0.15) is 0 Å². The van der Waals surface area contributed by atoms with Crippen LogP contribution in [-0.2, 0) is 4.79 Å². The van der Waals surface area contributed by atoms with Gasteiger partial charge in [-0.15, -0.1) is 11.3 Å². The quantitative estimate of drug-likeness (QED) is 0.756. The average Bonchev–Trinajstić information content (AvgIpc) is 3.25. The number of carbonyl (C=O) groups is 1. The molecule has 2 aromatic carbocycles. The molecule has 0 aliphatic carbocycles. The lowest BCUT2D eigenvalue weighted by Gasteiger charge is -2.11. The molecular formula is C19H18N2OS.